The molecule has 0 bridgehead atoms. The maximum atomic E-state index is 9.80. The van der Waals surface area contributed by atoms with Crippen molar-refractivity contribution in [3.05, 3.63) is 59.7 Å². The summed E-state index contributed by atoms with van der Waals surface area (Å²) in [5.41, 5.74) is 2.09. The van der Waals surface area contributed by atoms with Crippen molar-refractivity contribution in [3.8, 4) is 11.5 Å². The Bertz CT molecular complexity index is 837. The molecule has 3 rings (SSSR count). The van der Waals surface area contributed by atoms with Gasteiger partial charge in [0.2, 0.25) is 0 Å². The zero-order chi connectivity index (χ0) is 21.4. The number of hydrogen-bond acceptors (Lipinski definition) is 4. The lowest BCUT2D eigenvalue weighted by Gasteiger charge is -2.26. The number of aliphatic hydroxyl groups excluding tert-OH is 1. The van der Waals surface area contributed by atoms with E-state index < -0.39 is 0 Å². The van der Waals surface area contributed by atoms with Crippen molar-refractivity contribution in [1.29, 1.82) is 0 Å². The molecule has 0 saturated heterocycles. The fourth-order valence-corrected chi connectivity index (χ4v) is 3.41. The first kappa shape index (κ1) is 22.0. The number of fused-ring (bicyclic) bond motifs is 1. The minimum atomic E-state index is -0.173. The van der Waals surface area contributed by atoms with Crippen molar-refractivity contribution in [2.45, 2.75) is 32.1 Å². The third kappa shape index (κ3) is 5.66. The summed E-state index contributed by atoms with van der Waals surface area (Å²) in [4.78, 5) is 4.81. The van der Waals surface area contributed by atoms with E-state index in [9.17, 15) is 5.11 Å². The normalized spacial score (nSPS) is 14.9. The van der Waals surface area contributed by atoms with Crippen LogP contribution in [0.1, 0.15) is 37.8 Å². The third-order valence-corrected chi connectivity index (χ3v) is 5.31. The number of ether oxygens (including phenoxy) is 2. The first-order valence-corrected chi connectivity index (χ1v) is 10.6. The summed E-state index contributed by atoms with van der Waals surface area (Å²) in [6, 6.07) is 16.2. The van der Waals surface area contributed by atoms with Crippen LogP contribution < -0.4 is 20.1 Å². The van der Waals surface area contributed by atoms with E-state index in [1.807, 2.05) is 43.3 Å². The third-order valence-electron chi connectivity index (χ3n) is 5.31. The number of aliphatic imine (C=N–C) groups is 1. The highest BCUT2D eigenvalue weighted by molar-refractivity contribution is 5.79. The number of nitrogens with zero attached hydrogens (tertiary/aromatic N) is 1. The molecule has 0 aliphatic carbocycles. The molecule has 1 unspecified atom stereocenters. The van der Waals surface area contributed by atoms with Crippen LogP contribution in [0.2, 0.25) is 0 Å². The van der Waals surface area contributed by atoms with Gasteiger partial charge in [-0.2, -0.15) is 0 Å². The van der Waals surface area contributed by atoms with Crippen molar-refractivity contribution in [1.82, 2.24) is 10.6 Å². The molecule has 0 aromatic heterocycles. The van der Waals surface area contributed by atoms with Gasteiger partial charge in [0.1, 0.15) is 13.2 Å². The minimum absolute atomic E-state index is 0.0147. The molecule has 6 nitrogen and oxygen atoms in total. The van der Waals surface area contributed by atoms with Gasteiger partial charge < -0.3 is 25.2 Å². The number of nitrogens with one attached hydrogen (secondary N) is 2. The van der Waals surface area contributed by atoms with Crippen LogP contribution in [0.5, 0.6) is 11.5 Å². The van der Waals surface area contributed by atoms with Crippen molar-refractivity contribution < 1.29 is 14.6 Å². The van der Waals surface area contributed by atoms with Crippen LogP contribution in [0.3, 0.4) is 0 Å². The molecular weight excluding hydrogens is 378 g/mol. The molecule has 6 heteroatoms. The lowest BCUT2D eigenvalue weighted by molar-refractivity contribution is 0.171. The van der Waals surface area contributed by atoms with E-state index in [1.54, 1.807) is 0 Å². The maximum Gasteiger partial charge on any atom is 0.191 e. The Hall–Kier alpha value is -2.73. The zero-order valence-corrected chi connectivity index (χ0v) is 18.1. The molecular formula is C24H33N3O3. The summed E-state index contributed by atoms with van der Waals surface area (Å²) in [5.74, 6) is 2.36. The van der Waals surface area contributed by atoms with Gasteiger partial charge in [-0.05, 0) is 30.2 Å². The van der Waals surface area contributed by atoms with Gasteiger partial charge in [0, 0.05) is 24.4 Å². The first-order chi connectivity index (χ1) is 14.5. The second kappa shape index (κ2) is 10.3. The van der Waals surface area contributed by atoms with Gasteiger partial charge in [-0.1, -0.05) is 50.2 Å². The highest BCUT2D eigenvalue weighted by atomic mass is 16.6. The van der Waals surface area contributed by atoms with E-state index in [2.05, 4.69) is 36.6 Å². The molecule has 0 radical (unpaired) electrons. The fourth-order valence-electron chi connectivity index (χ4n) is 3.41. The van der Waals surface area contributed by atoms with Gasteiger partial charge >= 0.3 is 0 Å². The second-order valence-corrected chi connectivity index (χ2v) is 8.11. The SMILES string of the molecule is CCNC(=NCC(C)(C)c1ccc2c(c1)OCCO2)NCC(CO)c1ccccc1. The van der Waals surface area contributed by atoms with E-state index >= 15 is 0 Å². The molecule has 1 atom stereocenters. The number of guanidine groups is 1. The second-order valence-electron chi connectivity index (χ2n) is 8.11. The summed E-state index contributed by atoms with van der Waals surface area (Å²) < 4.78 is 11.4. The van der Waals surface area contributed by atoms with E-state index in [1.165, 1.54) is 0 Å². The van der Waals surface area contributed by atoms with Crippen LogP contribution >= 0.6 is 0 Å². The van der Waals surface area contributed by atoms with Gasteiger partial charge in [0.05, 0.1) is 13.2 Å². The predicted molar refractivity (Wildman–Crippen MR) is 121 cm³/mol. The number of rotatable bonds is 8. The van der Waals surface area contributed by atoms with E-state index in [0.29, 0.717) is 26.3 Å². The Morgan fingerprint density at radius 1 is 1.07 bits per heavy atom. The quantitative estimate of drug-likeness (QED) is 0.460. The lowest BCUT2D eigenvalue weighted by Crippen LogP contribution is -2.40. The molecule has 3 N–H and O–H groups in total. The van der Waals surface area contributed by atoms with E-state index in [0.717, 1.165) is 35.1 Å². The van der Waals surface area contributed by atoms with Gasteiger partial charge in [-0.25, -0.2) is 0 Å². The van der Waals surface area contributed by atoms with Gasteiger partial charge in [-0.3, -0.25) is 4.99 Å². The molecule has 0 spiro atoms. The van der Waals surface area contributed by atoms with Gasteiger partial charge in [-0.15, -0.1) is 0 Å². The predicted octanol–water partition coefficient (Wildman–Crippen LogP) is 3.07. The molecule has 2 aromatic rings. The molecule has 30 heavy (non-hydrogen) atoms. The van der Waals surface area contributed by atoms with E-state index in [-0.39, 0.29) is 17.9 Å². The summed E-state index contributed by atoms with van der Waals surface area (Å²) >= 11 is 0. The molecule has 1 aliphatic rings. The Balaban J connectivity index is 1.67. The average molecular weight is 412 g/mol. The molecule has 2 aromatic carbocycles. The fraction of sp³-hybridized carbons (Fsp3) is 0.458. The molecule has 1 aliphatic heterocycles. The van der Waals surface area contributed by atoms with Crippen molar-refractivity contribution in [2.24, 2.45) is 4.99 Å². The van der Waals surface area contributed by atoms with Crippen LogP contribution in [0.15, 0.2) is 53.5 Å². The summed E-state index contributed by atoms with van der Waals surface area (Å²) in [5, 5.41) is 16.5. The molecule has 0 saturated carbocycles. The summed E-state index contributed by atoms with van der Waals surface area (Å²) in [7, 11) is 0. The Labute approximate surface area is 179 Å². The summed E-state index contributed by atoms with van der Waals surface area (Å²) in [6.07, 6.45) is 0. The van der Waals surface area contributed by atoms with Crippen molar-refractivity contribution >= 4 is 5.96 Å². The smallest absolute Gasteiger partial charge is 0.191 e. The Morgan fingerprint density at radius 3 is 2.50 bits per heavy atom. The van der Waals surface area contributed by atoms with Crippen LogP contribution in [-0.2, 0) is 5.41 Å². The monoisotopic (exact) mass is 411 g/mol. The Morgan fingerprint density at radius 2 is 1.80 bits per heavy atom. The minimum Gasteiger partial charge on any atom is -0.486 e. The maximum absolute atomic E-state index is 9.80. The number of benzene rings is 2. The molecule has 0 amide bonds. The standard InChI is InChI=1S/C24H33N3O3/c1-4-25-23(26-15-19(16-28)18-8-6-5-7-9-18)27-17-24(2,3)20-10-11-21-22(14-20)30-13-12-29-21/h5-11,14,19,28H,4,12-13,15-17H2,1-3H3,(H2,25,26,27). The topological polar surface area (TPSA) is 75.1 Å². The van der Waals surface area contributed by atoms with E-state index in [4.69, 9.17) is 14.5 Å². The molecule has 0 fully saturated rings. The zero-order valence-electron chi connectivity index (χ0n) is 18.1. The van der Waals surface area contributed by atoms with Crippen LogP contribution in [0.4, 0.5) is 0 Å². The number of hydrogen-bond donors (Lipinski definition) is 3. The Kier molecular flexibility index (Phi) is 7.57. The van der Waals surface area contributed by atoms with Crippen molar-refractivity contribution in [3.63, 3.8) is 0 Å². The van der Waals surface area contributed by atoms with Gasteiger partial charge in [0.25, 0.3) is 0 Å². The number of aliphatic hydroxyl groups is 1. The first-order valence-electron chi connectivity index (χ1n) is 10.6. The highest BCUT2D eigenvalue weighted by Gasteiger charge is 2.23. The average Bonchev–Trinajstić information content (AvgIpc) is 2.78. The van der Waals surface area contributed by atoms with Crippen LogP contribution in [0, 0.1) is 0 Å². The largest absolute Gasteiger partial charge is 0.486 e. The highest BCUT2D eigenvalue weighted by Crippen LogP contribution is 2.35. The van der Waals surface area contributed by atoms with Crippen LogP contribution in [-0.4, -0.2) is 50.5 Å². The van der Waals surface area contributed by atoms with Crippen LogP contribution in [0.25, 0.3) is 0 Å². The molecule has 162 valence electrons. The summed E-state index contributed by atoms with van der Waals surface area (Å²) in [6.45, 7) is 9.63. The van der Waals surface area contributed by atoms with Crippen molar-refractivity contribution in [2.75, 3.05) is 39.5 Å². The van der Waals surface area contributed by atoms with Gasteiger partial charge in [0.15, 0.2) is 17.5 Å². The lowest BCUT2D eigenvalue weighted by atomic mass is 9.84. The molecule has 1 heterocycles.